The quantitative estimate of drug-likeness (QED) is 0.0672. The van der Waals surface area contributed by atoms with Crippen molar-refractivity contribution in [3.05, 3.63) is 132 Å². The number of benzene rings is 4. The highest BCUT2D eigenvalue weighted by Gasteiger charge is 2.22. The Balaban J connectivity index is 0.000000236. The van der Waals surface area contributed by atoms with Crippen LogP contribution >= 0.6 is 0 Å². The summed E-state index contributed by atoms with van der Waals surface area (Å²) in [5.41, 5.74) is 10.8. The maximum atomic E-state index is 13.1. The smallest absolute Gasteiger partial charge is 0.357 e. The maximum absolute atomic E-state index is 13.1. The van der Waals surface area contributed by atoms with Crippen molar-refractivity contribution in [2.75, 3.05) is 10.6 Å². The number of carbonyl (C=O) groups excluding carboxylic acids is 3. The molecule has 0 aliphatic carbocycles. The number of carbonyl (C=O) groups is 4. The Hall–Kier alpha value is -8.02. The highest BCUT2D eigenvalue weighted by Crippen LogP contribution is 2.28. The number of primary amides is 2. The van der Waals surface area contributed by atoms with Gasteiger partial charge in [0.1, 0.15) is 64.0 Å². The molecular weight excluding hydrogens is 807 g/mol. The molecule has 7 N–H and O–H groups in total. The lowest BCUT2D eigenvalue weighted by Crippen LogP contribution is -2.33. The summed E-state index contributed by atoms with van der Waals surface area (Å²) < 4.78 is 42.8. The number of halogens is 2. The van der Waals surface area contributed by atoms with Crippen molar-refractivity contribution >= 4 is 35.4 Å². The van der Waals surface area contributed by atoms with Gasteiger partial charge in [-0.3, -0.25) is 9.59 Å². The van der Waals surface area contributed by atoms with Crippen molar-refractivity contribution in [3.8, 4) is 45.8 Å². The first-order valence-corrected chi connectivity index (χ1v) is 18.8. The normalized spacial score (nSPS) is 11.8. The molecule has 16 nitrogen and oxygen atoms in total. The third-order valence-electron chi connectivity index (χ3n) is 8.19. The molecule has 0 saturated carbocycles. The molecule has 320 valence electrons. The molecular formula is C44H42F2N8O8. The summed E-state index contributed by atoms with van der Waals surface area (Å²) in [6.07, 6.45) is 0. The molecule has 0 aliphatic heterocycles. The molecule has 0 aliphatic rings. The molecule has 0 bridgehead atoms. The molecule has 2 amide bonds. The first kappa shape index (κ1) is 45.1. The number of carboxylic acid groups (broad SMARTS) is 1. The molecule has 18 heteroatoms. The summed E-state index contributed by atoms with van der Waals surface area (Å²) in [6, 6.07) is 25.8. The van der Waals surface area contributed by atoms with Crippen LogP contribution in [0.3, 0.4) is 0 Å². The number of amides is 2. The number of rotatable bonds is 14. The van der Waals surface area contributed by atoms with Gasteiger partial charge in [0.05, 0.1) is 0 Å². The summed E-state index contributed by atoms with van der Waals surface area (Å²) in [7, 11) is 0. The average Bonchev–Trinajstić information content (AvgIpc) is 3.22. The van der Waals surface area contributed by atoms with Gasteiger partial charge in [0, 0.05) is 23.3 Å². The molecule has 0 unspecified atom stereocenters. The minimum atomic E-state index is -1.24. The molecule has 2 aromatic heterocycles. The molecule has 2 heterocycles. The topological polar surface area (TPSA) is 244 Å². The van der Waals surface area contributed by atoms with Crippen LogP contribution in [0.15, 0.2) is 109 Å². The number of ether oxygens (including phenoxy) is 3. The molecule has 2 atom stereocenters. The second-order valence-corrected chi connectivity index (χ2v) is 14.4. The number of aromatic carboxylic acids is 1. The lowest BCUT2D eigenvalue weighted by Gasteiger charge is -2.20. The highest BCUT2D eigenvalue weighted by atomic mass is 19.1. The van der Waals surface area contributed by atoms with Crippen LogP contribution in [0.1, 0.15) is 55.6 Å². The van der Waals surface area contributed by atoms with E-state index in [9.17, 15) is 33.1 Å². The lowest BCUT2D eigenvalue weighted by atomic mass is 10.2. The van der Waals surface area contributed by atoms with Gasteiger partial charge in [-0.25, -0.2) is 38.3 Å². The number of hydrogen-bond donors (Lipinski definition) is 5. The summed E-state index contributed by atoms with van der Waals surface area (Å²) in [5.74, 6) is -0.989. The van der Waals surface area contributed by atoms with Gasteiger partial charge < -0.3 is 41.4 Å². The fourth-order valence-electron chi connectivity index (χ4n) is 5.05. The van der Waals surface area contributed by atoms with Gasteiger partial charge in [0.15, 0.2) is 23.0 Å². The van der Waals surface area contributed by atoms with E-state index in [1.807, 2.05) is 0 Å². The zero-order chi connectivity index (χ0) is 45.1. The van der Waals surface area contributed by atoms with Crippen LogP contribution < -0.4 is 31.6 Å². The SMILES string of the molecule is C[C@H](Nc1cc(C(=O)O)nc(-c2ccc(Oc3ccc(F)cc3)cc2)n1)C(N)=O.C[C@H](Nc1cc(C(=O)OC(C)(C)C)nc(-c2ccc(Oc3ccc(F)cc3)cc2)n1)C(N)=O. The zero-order valence-corrected chi connectivity index (χ0v) is 34.1. The Kier molecular flexibility index (Phi) is 14.4. The Labute approximate surface area is 354 Å². The number of nitrogens with two attached hydrogens (primary N) is 2. The van der Waals surface area contributed by atoms with E-state index in [4.69, 9.17) is 25.7 Å². The zero-order valence-electron chi connectivity index (χ0n) is 34.1. The van der Waals surface area contributed by atoms with Crippen LogP contribution in [0, 0.1) is 11.6 Å². The number of esters is 1. The van der Waals surface area contributed by atoms with E-state index in [-0.39, 0.29) is 46.3 Å². The number of carboxylic acids is 1. The van der Waals surface area contributed by atoms with E-state index in [1.165, 1.54) is 67.6 Å². The second-order valence-electron chi connectivity index (χ2n) is 14.4. The van der Waals surface area contributed by atoms with E-state index in [0.717, 1.165) is 0 Å². The van der Waals surface area contributed by atoms with Crippen LogP contribution in [0.4, 0.5) is 20.4 Å². The molecule has 6 aromatic rings. The average molecular weight is 849 g/mol. The van der Waals surface area contributed by atoms with Crippen LogP contribution in [-0.2, 0) is 14.3 Å². The van der Waals surface area contributed by atoms with Crippen molar-refractivity contribution in [1.82, 2.24) is 19.9 Å². The van der Waals surface area contributed by atoms with E-state index in [0.29, 0.717) is 34.1 Å². The Bertz CT molecular complexity index is 2540. The Morgan fingerprint density at radius 3 is 1.26 bits per heavy atom. The minimum Gasteiger partial charge on any atom is -0.477 e. The van der Waals surface area contributed by atoms with Crippen molar-refractivity contribution in [1.29, 1.82) is 0 Å². The van der Waals surface area contributed by atoms with Gasteiger partial charge in [0.25, 0.3) is 0 Å². The van der Waals surface area contributed by atoms with E-state index >= 15 is 0 Å². The predicted molar refractivity (Wildman–Crippen MR) is 225 cm³/mol. The van der Waals surface area contributed by atoms with Crippen LogP contribution in [0.5, 0.6) is 23.0 Å². The second kappa shape index (κ2) is 19.8. The van der Waals surface area contributed by atoms with Gasteiger partial charge in [-0.15, -0.1) is 0 Å². The molecule has 62 heavy (non-hydrogen) atoms. The first-order valence-electron chi connectivity index (χ1n) is 18.8. The fraction of sp³-hybridized carbons (Fsp3) is 0.182. The highest BCUT2D eigenvalue weighted by molar-refractivity contribution is 5.90. The monoisotopic (exact) mass is 848 g/mol. The lowest BCUT2D eigenvalue weighted by molar-refractivity contribution is -0.119. The molecule has 4 aromatic carbocycles. The number of aromatic nitrogens is 4. The molecule has 0 saturated heterocycles. The van der Waals surface area contributed by atoms with Gasteiger partial charge in [-0.05, 0) is 132 Å². The van der Waals surface area contributed by atoms with Gasteiger partial charge in [-0.1, -0.05) is 0 Å². The van der Waals surface area contributed by atoms with E-state index < -0.39 is 41.4 Å². The van der Waals surface area contributed by atoms with Crippen LogP contribution in [0.2, 0.25) is 0 Å². The first-order chi connectivity index (χ1) is 29.3. The third kappa shape index (κ3) is 13.2. The molecule has 0 radical (unpaired) electrons. The Morgan fingerprint density at radius 2 is 0.919 bits per heavy atom. The summed E-state index contributed by atoms with van der Waals surface area (Å²) in [4.78, 5) is 63.7. The molecule has 0 fully saturated rings. The van der Waals surface area contributed by atoms with Crippen LogP contribution in [-0.4, -0.2) is 66.5 Å². The molecule has 0 spiro atoms. The van der Waals surface area contributed by atoms with Gasteiger partial charge >= 0.3 is 11.9 Å². The summed E-state index contributed by atoms with van der Waals surface area (Å²) in [6.45, 7) is 8.37. The largest absolute Gasteiger partial charge is 0.477 e. The van der Waals surface area contributed by atoms with Gasteiger partial charge in [0.2, 0.25) is 11.8 Å². The van der Waals surface area contributed by atoms with Gasteiger partial charge in [-0.2, -0.15) is 0 Å². The standard InChI is InChI=1S/C24H25FN4O4.C20H17FN4O4/c1-14(21(26)30)27-20-13-19(23(31)33-24(2,3)4)28-22(29-20)15-5-9-17(10-6-15)32-18-11-7-16(25)8-12-18;1-11(18(22)26)23-17-10-16(20(27)28)24-19(25-17)12-2-6-14(7-3-12)29-15-8-4-13(21)5-9-15/h5-14H,1-4H3,(H2,26,30)(H,27,28,29);2-11H,1H3,(H2,22,26)(H,27,28)(H,23,24,25)/t14-;11-/m00/s1. The number of nitrogens with one attached hydrogen (secondary N) is 2. The molecule has 6 rings (SSSR count). The number of hydrogen-bond acceptors (Lipinski definition) is 13. The van der Waals surface area contributed by atoms with E-state index in [1.54, 1.807) is 76.2 Å². The van der Waals surface area contributed by atoms with Crippen LogP contribution in [0.25, 0.3) is 22.8 Å². The third-order valence-corrected chi connectivity index (χ3v) is 8.19. The maximum Gasteiger partial charge on any atom is 0.357 e. The number of anilines is 2. The minimum absolute atomic E-state index is 0.0285. The summed E-state index contributed by atoms with van der Waals surface area (Å²) >= 11 is 0. The fourth-order valence-corrected chi connectivity index (χ4v) is 5.05. The van der Waals surface area contributed by atoms with Crippen molar-refractivity contribution < 1.29 is 47.3 Å². The van der Waals surface area contributed by atoms with Crippen molar-refractivity contribution in [2.24, 2.45) is 11.5 Å². The Morgan fingerprint density at radius 1 is 0.581 bits per heavy atom. The van der Waals surface area contributed by atoms with Crippen molar-refractivity contribution in [3.63, 3.8) is 0 Å². The predicted octanol–water partition coefficient (Wildman–Crippen LogP) is 7.37. The van der Waals surface area contributed by atoms with Crippen molar-refractivity contribution in [2.45, 2.75) is 52.3 Å². The summed E-state index contributed by atoms with van der Waals surface area (Å²) in [5, 5.41) is 14.9. The number of nitrogens with zero attached hydrogens (tertiary/aromatic N) is 4. The van der Waals surface area contributed by atoms with E-state index in [2.05, 4.69) is 30.6 Å².